The van der Waals surface area contributed by atoms with Gasteiger partial charge in [-0.05, 0) is 73.6 Å². The number of allylic oxidation sites excluding steroid dienone is 1. The monoisotopic (exact) mass is 462 g/mol. The van der Waals surface area contributed by atoms with Crippen LogP contribution in [0.2, 0.25) is 0 Å². The van der Waals surface area contributed by atoms with Gasteiger partial charge < -0.3 is 19.7 Å². The SMILES string of the molecule is CC(=CC(=O)Nc1ccccc1OCCCC(=O)O)c1ccc2c(ccn2CCCC(C)C)c1. The summed E-state index contributed by atoms with van der Waals surface area (Å²) in [5.74, 6) is 0.132. The summed E-state index contributed by atoms with van der Waals surface area (Å²) in [5, 5.41) is 12.8. The number of aliphatic carboxylic acids is 1. The number of amides is 1. The lowest BCUT2D eigenvalue weighted by atomic mass is 10.0. The zero-order valence-electron chi connectivity index (χ0n) is 20.2. The Labute approximate surface area is 201 Å². The third kappa shape index (κ3) is 7.24. The highest BCUT2D eigenvalue weighted by Gasteiger charge is 2.09. The molecule has 0 bridgehead atoms. The van der Waals surface area contributed by atoms with Crippen molar-refractivity contribution < 1.29 is 19.4 Å². The summed E-state index contributed by atoms with van der Waals surface area (Å²) < 4.78 is 7.96. The number of aromatic nitrogens is 1. The molecule has 34 heavy (non-hydrogen) atoms. The van der Waals surface area contributed by atoms with Crippen molar-refractivity contribution in [1.29, 1.82) is 0 Å². The van der Waals surface area contributed by atoms with Gasteiger partial charge in [-0.25, -0.2) is 0 Å². The van der Waals surface area contributed by atoms with E-state index in [0.29, 0.717) is 23.8 Å². The molecule has 0 unspecified atom stereocenters. The van der Waals surface area contributed by atoms with E-state index in [1.807, 2.05) is 19.1 Å². The lowest BCUT2D eigenvalue weighted by molar-refractivity contribution is -0.137. The quantitative estimate of drug-likeness (QED) is 0.242. The van der Waals surface area contributed by atoms with Gasteiger partial charge in [0.1, 0.15) is 5.75 Å². The summed E-state index contributed by atoms with van der Waals surface area (Å²) in [6.45, 7) is 7.70. The van der Waals surface area contributed by atoms with E-state index in [4.69, 9.17) is 9.84 Å². The normalized spacial score (nSPS) is 11.7. The van der Waals surface area contributed by atoms with Crippen molar-refractivity contribution in [2.45, 2.75) is 53.0 Å². The number of benzene rings is 2. The van der Waals surface area contributed by atoms with Crippen LogP contribution < -0.4 is 10.1 Å². The fourth-order valence-corrected chi connectivity index (χ4v) is 3.86. The number of nitrogens with zero attached hydrogens (tertiary/aromatic N) is 1. The molecule has 0 fully saturated rings. The molecule has 0 saturated heterocycles. The van der Waals surface area contributed by atoms with Crippen LogP contribution in [0.25, 0.3) is 16.5 Å². The summed E-state index contributed by atoms with van der Waals surface area (Å²) in [7, 11) is 0. The van der Waals surface area contributed by atoms with Gasteiger partial charge in [-0.15, -0.1) is 0 Å². The second-order valence-corrected chi connectivity index (χ2v) is 8.98. The third-order valence-electron chi connectivity index (χ3n) is 5.69. The number of hydrogen-bond donors (Lipinski definition) is 2. The Morgan fingerprint density at radius 1 is 1.12 bits per heavy atom. The van der Waals surface area contributed by atoms with Gasteiger partial charge in [-0.3, -0.25) is 9.59 Å². The minimum atomic E-state index is -0.855. The molecule has 6 nitrogen and oxygen atoms in total. The molecule has 0 spiro atoms. The molecule has 180 valence electrons. The zero-order valence-corrected chi connectivity index (χ0v) is 20.2. The summed E-state index contributed by atoms with van der Waals surface area (Å²) in [6, 6.07) is 15.6. The van der Waals surface area contributed by atoms with Crippen LogP contribution in [0, 0.1) is 5.92 Å². The molecule has 0 aliphatic rings. The van der Waals surface area contributed by atoms with Gasteiger partial charge in [0.05, 0.1) is 12.3 Å². The molecule has 0 saturated carbocycles. The number of anilines is 1. The number of para-hydroxylation sites is 2. The number of carbonyl (C=O) groups excluding carboxylic acids is 1. The maximum Gasteiger partial charge on any atom is 0.303 e. The second kappa shape index (κ2) is 12.1. The van der Waals surface area contributed by atoms with Crippen molar-refractivity contribution in [3.8, 4) is 5.75 Å². The second-order valence-electron chi connectivity index (χ2n) is 8.98. The molecule has 3 aromatic rings. The number of ether oxygens (including phenoxy) is 1. The van der Waals surface area contributed by atoms with Crippen LogP contribution in [-0.2, 0) is 16.1 Å². The van der Waals surface area contributed by atoms with E-state index < -0.39 is 5.97 Å². The summed E-state index contributed by atoms with van der Waals surface area (Å²) >= 11 is 0. The number of carboxylic acid groups (broad SMARTS) is 1. The number of fused-ring (bicyclic) bond motifs is 1. The third-order valence-corrected chi connectivity index (χ3v) is 5.69. The fourth-order valence-electron chi connectivity index (χ4n) is 3.86. The lowest BCUT2D eigenvalue weighted by Crippen LogP contribution is -2.11. The highest BCUT2D eigenvalue weighted by molar-refractivity contribution is 6.04. The van der Waals surface area contributed by atoms with Crippen LogP contribution in [0.3, 0.4) is 0 Å². The molecule has 3 rings (SSSR count). The van der Waals surface area contributed by atoms with Crippen molar-refractivity contribution in [3.63, 3.8) is 0 Å². The Morgan fingerprint density at radius 3 is 2.68 bits per heavy atom. The van der Waals surface area contributed by atoms with Crippen LogP contribution >= 0.6 is 0 Å². The average molecular weight is 463 g/mol. The Bertz CT molecular complexity index is 1160. The van der Waals surface area contributed by atoms with Crippen molar-refractivity contribution >= 4 is 34.0 Å². The first-order chi connectivity index (χ1) is 16.3. The molecule has 2 N–H and O–H groups in total. The fraction of sp³-hybridized carbons (Fsp3) is 0.357. The molecule has 1 amide bonds. The zero-order chi connectivity index (χ0) is 24.5. The van der Waals surface area contributed by atoms with Crippen molar-refractivity contribution in [2.24, 2.45) is 5.92 Å². The van der Waals surface area contributed by atoms with Crippen LogP contribution in [0.4, 0.5) is 5.69 Å². The topological polar surface area (TPSA) is 80.6 Å². The van der Waals surface area contributed by atoms with Crippen molar-refractivity contribution in [3.05, 3.63) is 66.4 Å². The number of hydrogen-bond acceptors (Lipinski definition) is 3. The van der Waals surface area contributed by atoms with Gasteiger partial charge in [0.15, 0.2) is 0 Å². The first kappa shape index (κ1) is 25.1. The molecular weight excluding hydrogens is 428 g/mol. The van der Waals surface area contributed by atoms with E-state index in [0.717, 1.165) is 29.5 Å². The molecular formula is C28H34N2O4. The van der Waals surface area contributed by atoms with E-state index in [2.05, 4.69) is 54.2 Å². The maximum atomic E-state index is 12.7. The molecule has 2 aromatic carbocycles. The maximum absolute atomic E-state index is 12.7. The summed E-state index contributed by atoms with van der Waals surface area (Å²) in [4.78, 5) is 23.3. The molecule has 0 atom stereocenters. The minimum Gasteiger partial charge on any atom is -0.491 e. The predicted molar refractivity (Wildman–Crippen MR) is 137 cm³/mol. The smallest absolute Gasteiger partial charge is 0.303 e. The van der Waals surface area contributed by atoms with Gasteiger partial charge in [0, 0.05) is 36.1 Å². The van der Waals surface area contributed by atoms with Crippen molar-refractivity contribution in [2.75, 3.05) is 11.9 Å². The van der Waals surface area contributed by atoms with Crippen LogP contribution in [0.15, 0.2) is 60.8 Å². The van der Waals surface area contributed by atoms with Crippen LogP contribution in [0.5, 0.6) is 5.75 Å². The highest BCUT2D eigenvalue weighted by Crippen LogP contribution is 2.26. The van der Waals surface area contributed by atoms with Gasteiger partial charge in [-0.1, -0.05) is 32.0 Å². The van der Waals surface area contributed by atoms with Gasteiger partial charge >= 0.3 is 5.97 Å². The Morgan fingerprint density at radius 2 is 1.91 bits per heavy atom. The van der Waals surface area contributed by atoms with E-state index in [9.17, 15) is 9.59 Å². The number of carboxylic acids is 1. The Balaban J connectivity index is 1.65. The molecule has 0 radical (unpaired) electrons. The number of nitrogens with one attached hydrogen (secondary N) is 1. The molecule has 1 heterocycles. The first-order valence-corrected chi connectivity index (χ1v) is 11.9. The standard InChI is InChI=1S/C28H34N2O4/c1-20(2)8-6-15-30-16-14-23-19-22(12-13-25(23)30)21(3)18-27(31)29-24-9-4-5-10-26(24)34-17-7-11-28(32)33/h4-5,9-10,12-14,16,18-20H,6-8,11,15,17H2,1-3H3,(H,29,31)(H,32,33). The lowest BCUT2D eigenvalue weighted by Gasteiger charge is -2.12. The highest BCUT2D eigenvalue weighted by atomic mass is 16.5. The first-order valence-electron chi connectivity index (χ1n) is 11.9. The predicted octanol–water partition coefficient (Wildman–Crippen LogP) is 6.36. The van der Waals surface area contributed by atoms with E-state index >= 15 is 0 Å². The Kier molecular flexibility index (Phi) is 8.91. The Hall–Kier alpha value is -3.54. The van der Waals surface area contributed by atoms with Crippen LogP contribution in [0.1, 0.15) is 52.0 Å². The van der Waals surface area contributed by atoms with Crippen LogP contribution in [-0.4, -0.2) is 28.2 Å². The van der Waals surface area contributed by atoms with E-state index in [1.165, 1.54) is 11.9 Å². The number of carbonyl (C=O) groups is 2. The van der Waals surface area contributed by atoms with Crippen molar-refractivity contribution in [1.82, 2.24) is 4.57 Å². The summed E-state index contributed by atoms with van der Waals surface area (Å²) in [5.41, 5.74) is 3.63. The largest absolute Gasteiger partial charge is 0.491 e. The average Bonchev–Trinajstić information content (AvgIpc) is 3.19. The molecule has 0 aliphatic carbocycles. The van der Waals surface area contributed by atoms with Gasteiger partial charge in [0.25, 0.3) is 0 Å². The molecule has 6 heteroatoms. The number of rotatable bonds is 12. The summed E-state index contributed by atoms with van der Waals surface area (Å²) in [6.07, 6.45) is 6.54. The van der Waals surface area contributed by atoms with Gasteiger partial charge in [-0.2, -0.15) is 0 Å². The number of aryl methyl sites for hydroxylation is 1. The van der Waals surface area contributed by atoms with Gasteiger partial charge in [0.2, 0.25) is 5.91 Å². The molecule has 1 aromatic heterocycles. The van der Waals surface area contributed by atoms with E-state index in [1.54, 1.807) is 18.2 Å². The molecule has 0 aliphatic heterocycles. The van der Waals surface area contributed by atoms with E-state index in [-0.39, 0.29) is 18.9 Å². The minimum absolute atomic E-state index is 0.0438.